The van der Waals surface area contributed by atoms with E-state index in [0.29, 0.717) is 10.3 Å². The number of carbonyl (C=O) groups is 1. The van der Waals surface area contributed by atoms with Crippen molar-refractivity contribution in [3.8, 4) is 0 Å². The van der Waals surface area contributed by atoms with E-state index in [-0.39, 0.29) is 11.3 Å². The molecule has 1 fully saturated rings. The highest BCUT2D eigenvalue weighted by Gasteiger charge is 2.26. The first-order valence-corrected chi connectivity index (χ1v) is 7.39. The second-order valence-corrected chi connectivity index (χ2v) is 6.81. The number of likely N-dealkylation sites (tertiary alicyclic amines) is 1. The fourth-order valence-corrected chi connectivity index (χ4v) is 3.41. The van der Waals surface area contributed by atoms with Crippen LogP contribution in [0.5, 0.6) is 0 Å². The third-order valence-corrected chi connectivity index (χ3v) is 4.84. The van der Waals surface area contributed by atoms with Gasteiger partial charge in [0.05, 0.1) is 9.21 Å². The molecule has 5 heteroatoms. The predicted octanol–water partition coefficient (Wildman–Crippen LogP) is 3.88. The molecule has 1 amide bonds. The number of halogens is 2. The van der Waals surface area contributed by atoms with Crippen LogP contribution in [-0.2, 0) is 0 Å². The van der Waals surface area contributed by atoms with Crippen molar-refractivity contribution in [2.45, 2.75) is 25.1 Å². The van der Waals surface area contributed by atoms with Gasteiger partial charge in [0.2, 0.25) is 0 Å². The van der Waals surface area contributed by atoms with Crippen molar-refractivity contribution in [3.63, 3.8) is 0 Å². The van der Waals surface area contributed by atoms with Crippen LogP contribution in [0.15, 0.2) is 12.1 Å². The number of hydrogen-bond acceptors (Lipinski definition) is 2. The molecule has 0 aliphatic carbocycles. The van der Waals surface area contributed by atoms with E-state index >= 15 is 0 Å². The lowest BCUT2D eigenvalue weighted by atomic mass is 9.94. The molecule has 94 valence electrons. The highest BCUT2D eigenvalue weighted by molar-refractivity contribution is 7.17. The Morgan fingerprint density at radius 3 is 2.59 bits per heavy atom. The zero-order chi connectivity index (χ0) is 12.4. The molecule has 1 aromatic rings. The van der Waals surface area contributed by atoms with Gasteiger partial charge in [-0.25, -0.2) is 0 Å². The molecule has 1 saturated heterocycles. The molecule has 1 aromatic heterocycles. The molecule has 1 aliphatic rings. The maximum atomic E-state index is 12.1. The summed E-state index contributed by atoms with van der Waals surface area (Å²) >= 11 is 13.3. The normalized spacial score (nSPS) is 19.4. The van der Waals surface area contributed by atoms with Crippen molar-refractivity contribution in [2.24, 2.45) is 5.92 Å². The molecule has 0 spiro atoms. The molecule has 0 aromatic carbocycles. The SMILES string of the molecule is CC(Cl)C1CCN(C(=O)c2ccc(Cl)s2)CC1. The Labute approximate surface area is 116 Å². The van der Waals surface area contributed by atoms with Gasteiger partial charge in [-0.1, -0.05) is 11.6 Å². The van der Waals surface area contributed by atoms with Crippen LogP contribution in [-0.4, -0.2) is 29.3 Å². The molecule has 1 atom stereocenters. The van der Waals surface area contributed by atoms with Gasteiger partial charge in [0.25, 0.3) is 5.91 Å². The van der Waals surface area contributed by atoms with Crippen LogP contribution in [0.2, 0.25) is 4.34 Å². The predicted molar refractivity (Wildman–Crippen MR) is 73.3 cm³/mol. The molecule has 1 aliphatic heterocycles. The summed E-state index contributed by atoms with van der Waals surface area (Å²) < 4.78 is 0.664. The number of rotatable bonds is 2. The van der Waals surface area contributed by atoms with Crippen LogP contribution in [0.25, 0.3) is 0 Å². The zero-order valence-corrected chi connectivity index (χ0v) is 12.0. The number of alkyl halides is 1. The molecular formula is C12H15Cl2NOS. The average molecular weight is 292 g/mol. The van der Waals surface area contributed by atoms with Crippen molar-refractivity contribution in [1.29, 1.82) is 0 Å². The van der Waals surface area contributed by atoms with Crippen LogP contribution in [0.4, 0.5) is 0 Å². The largest absolute Gasteiger partial charge is 0.338 e. The Morgan fingerprint density at radius 2 is 2.12 bits per heavy atom. The second-order valence-electron chi connectivity index (χ2n) is 4.41. The number of carbonyl (C=O) groups excluding carboxylic acids is 1. The molecule has 2 heterocycles. The minimum absolute atomic E-state index is 0.0996. The zero-order valence-electron chi connectivity index (χ0n) is 9.66. The van der Waals surface area contributed by atoms with Crippen LogP contribution in [0, 0.1) is 5.92 Å². The lowest BCUT2D eigenvalue weighted by Crippen LogP contribution is -2.39. The molecule has 0 saturated carbocycles. The molecule has 0 radical (unpaired) electrons. The Morgan fingerprint density at radius 1 is 1.47 bits per heavy atom. The van der Waals surface area contributed by atoms with Crippen molar-refractivity contribution in [2.75, 3.05) is 13.1 Å². The first kappa shape index (κ1) is 13.2. The van der Waals surface area contributed by atoms with Crippen LogP contribution in [0.1, 0.15) is 29.4 Å². The van der Waals surface area contributed by atoms with E-state index in [1.807, 2.05) is 11.8 Å². The topological polar surface area (TPSA) is 20.3 Å². The van der Waals surface area contributed by atoms with E-state index in [9.17, 15) is 4.79 Å². The van der Waals surface area contributed by atoms with E-state index < -0.39 is 0 Å². The summed E-state index contributed by atoms with van der Waals surface area (Å²) in [6.07, 6.45) is 1.99. The minimum atomic E-state index is 0.0996. The summed E-state index contributed by atoms with van der Waals surface area (Å²) in [4.78, 5) is 14.8. The lowest BCUT2D eigenvalue weighted by Gasteiger charge is -2.32. The fourth-order valence-electron chi connectivity index (χ4n) is 2.15. The molecular weight excluding hydrogens is 277 g/mol. The first-order chi connectivity index (χ1) is 8.08. The summed E-state index contributed by atoms with van der Waals surface area (Å²) in [6, 6.07) is 3.57. The highest BCUT2D eigenvalue weighted by Crippen LogP contribution is 2.27. The van der Waals surface area contributed by atoms with Gasteiger partial charge in [0, 0.05) is 18.5 Å². The van der Waals surface area contributed by atoms with E-state index in [1.165, 1.54) is 11.3 Å². The van der Waals surface area contributed by atoms with Crippen molar-refractivity contribution < 1.29 is 4.79 Å². The van der Waals surface area contributed by atoms with Gasteiger partial charge in [0.1, 0.15) is 0 Å². The summed E-state index contributed by atoms with van der Waals surface area (Å²) in [5, 5.41) is 0.198. The van der Waals surface area contributed by atoms with Gasteiger partial charge in [-0.3, -0.25) is 4.79 Å². The standard InChI is InChI=1S/C12H15Cl2NOS/c1-8(13)9-4-6-15(7-5-9)12(16)10-2-3-11(14)17-10/h2-3,8-9H,4-7H2,1H3. The van der Waals surface area contributed by atoms with Crippen molar-refractivity contribution >= 4 is 40.4 Å². The van der Waals surface area contributed by atoms with Gasteiger partial charge in [0.15, 0.2) is 0 Å². The van der Waals surface area contributed by atoms with E-state index in [2.05, 4.69) is 0 Å². The Hall–Kier alpha value is -0.250. The number of nitrogens with zero attached hydrogens (tertiary/aromatic N) is 1. The summed E-state index contributed by atoms with van der Waals surface area (Å²) in [5.41, 5.74) is 0. The summed E-state index contributed by atoms with van der Waals surface area (Å²) in [7, 11) is 0. The Balaban J connectivity index is 1.95. The van der Waals surface area contributed by atoms with E-state index in [4.69, 9.17) is 23.2 Å². The quantitative estimate of drug-likeness (QED) is 0.757. The Bertz CT molecular complexity index is 397. The molecule has 0 N–H and O–H groups in total. The van der Waals surface area contributed by atoms with Gasteiger partial charge >= 0.3 is 0 Å². The second kappa shape index (κ2) is 5.59. The summed E-state index contributed by atoms with van der Waals surface area (Å²) in [5.74, 6) is 0.634. The number of hydrogen-bond donors (Lipinski definition) is 0. The highest BCUT2D eigenvalue weighted by atomic mass is 35.5. The van der Waals surface area contributed by atoms with Gasteiger partial charge in [-0.05, 0) is 37.8 Å². The van der Waals surface area contributed by atoms with Crippen LogP contribution in [0.3, 0.4) is 0 Å². The maximum absolute atomic E-state index is 12.1. The minimum Gasteiger partial charge on any atom is -0.338 e. The van der Waals surface area contributed by atoms with Gasteiger partial charge < -0.3 is 4.90 Å². The van der Waals surface area contributed by atoms with Gasteiger partial charge in [-0.2, -0.15) is 0 Å². The smallest absolute Gasteiger partial charge is 0.263 e. The van der Waals surface area contributed by atoms with Crippen molar-refractivity contribution in [3.05, 3.63) is 21.3 Å². The summed E-state index contributed by atoms with van der Waals surface area (Å²) in [6.45, 7) is 3.63. The third kappa shape index (κ3) is 3.15. The molecule has 2 rings (SSSR count). The molecule has 1 unspecified atom stereocenters. The Kier molecular flexibility index (Phi) is 4.34. The maximum Gasteiger partial charge on any atom is 0.263 e. The molecule has 2 nitrogen and oxygen atoms in total. The van der Waals surface area contributed by atoms with E-state index in [0.717, 1.165) is 30.8 Å². The fraction of sp³-hybridized carbons (Fsp3) is 0.583. The molecule has 0 bridgehead atoms. The van der Waals surface area contributed by atoms with E-state index in [1.54, 1.807) is 12.1 Å². The number of piperidine rings is 1. The lowest BCUT2D eigenvalue weighted by molar-refractivity contribution is 0.0695. The van der Waals surface area contributed by atoms with Gasteiger partial charge in [-0.15, -0.1) is 22.9 Å². The molecule has 17 heavy (non-hydrogen) atoms. The van der Waals surface area contributed by atoms with Crippen LogP contribution >= 0.6 is 34.5 Å². The van der Waals surface area contributed by atoms with Crippen molar-refractivity contribution in [1.82, 2.24) is 4.90 Å². The monoisotopic (exact) mass is 291 g/mol. The average Bonchev–Trinajstić information content (AvgIpc) is 2.75. The first-order valence-electron chi connectivity index (χ1n) is 5.76. The number of thiophene rings is 1. The van der Waals surface area contributed by atoms with Crippen LogP contribution < -0.4 is 0 Å². The third-order valence-electron chi connectivity index (χ3n) is 3.26. The number of amides is 1.